The fourth-order valence-corrected chi connectivity index (χ4v) is 2.45. The fourth-order valence-electron chi connectivity index (χ4n) is 2.45. The fraction of sp³-hybridized carbons (Fsp3) is 0.118. The van der Waals surface area contributed by atoms with Gasteiger partial charge < -0.3 is 11.1 Å². The van der Waals surface area contributed by atoms with Crippen LogP contribution in [0.15, 0.2) is 54.7 Å². The Morgan fingerprint density at radius 2 is 1.90 bits per heavy atom. The number of fused-ring (bicyclic) bond motifs is 1. The number of nitrogen functional groups attached to an aromatic ring is 1. The molecule has 1 heterocycles. The van der Waals surface area contributed by atoms with Crippen molar-refractivity contribution in [2.24, 2.45) is 0 Å². The number of anilines is 2. The van der Waals surface area contributed by atoms with E-state index in [1.165, 1.54) is 6.07 Å². The van der Waals surface area contributed by atoms with Crippen LogP contribution in [0, 0.1) is 5.82 Å². The first kappa shape index (κ1) is 13.4. The number of nitrogens with zero attached hydrogens (tertiary/aromatic N) is 1. The molecule has 0 radical (unpaired) electrons. The molecule has 0 aliphatic carbocycles. The Labute approximate surface area is 122 Å². The van der Waals surface area contributed by atoms with Gasteiger partial charge in [0.1, 0.15) is 5.82 Å². The van der Waals surface area contributed by atoms with Gasteiger partial charge in [-0.1, -0.05) is 18.2 Å². The number of nitrogens with one attached hydrogen (secondary N) is 1. The van der Waals surface area contributed by atoms with Gasteiger partial charge >= 0.3 is 0 Å². The monoisotopic (exact) mass is 281 g/mol. The number of halogens is 1. The van der Waals surface area contributed by atoms with E-state index in [1.54, 1.807) is 18.3 Å². The van der Waals surface area contributed by atoms with E-state index < -0.39 is 0 Å². The summed E-state index contributed by atoms with van der Waals surface area (Å²) in [5.41, 5.74) is 8.90. The smallest absolute Gasteiger partial charge is 0.128 e. The Hall–Kier alpha value is -2.62. The molecule has 1 atom stereocenters. The van der Waals surface area contributed by atoms with Gasteiger partial charge in [-0.05, 0) is 37.3 Å². The van der Waals surface area contributed by atoms with Gasteiger partial charge in [0, 0.05) is 22.8 Å². The molecule has 4 heteroatoms. The molecular weight excluding hydrogens is 265 g/mol. The van der Waals surface area contributed by atoms with Crippen LogP contribution in [-0.4, -0.2) is 4.98 Å². The highest BCUT2D eigenvalue weighted by atomic mass is 19.1. The van der Waals surface area contributed by atoms with Crippen LogP contribution in [0.5, 0.6) is 0 Å². The SMILES string of the molecule is CC(Nc1ccc(N)c2cccnc12)c1ccccc1F. The van der Waals surface area contributed by atoms with E-state index in [-0.39, 0.29) is 11.9 Å². The third-order valence-corrected chi connectivity index (χ3v) is 3.55. The van der Waals surface area contributed by atoms with Crippen molar-refractivity contribution in [1.82, 2.24) is 4.98 Å². The normalized spacial score (nSPS) is 12.3. The summed E-state index contributed by atoms with van der Waals surface area (Å²) in [6.07, 6.45) is 1.72. The van der Waals surface area contributed by atoms with Crippen molar-refractivity contribution >= 4 is 22.3 Å². The van der Waals surface area contributed by atoms with Crippen LogP contribution in [0.3, 0.4) is 0 Å². The van der Waals surface area contributed by atoms with Crippen LogP contribution in [-0.2, 0) is 0 Å². The van der Waals surface area contributed by atoms with E-state index in [1.807, 2.05) is 37.3 Å². The maximum Gasteiger partial charge on any atom is 0.128 e. The van der Waals surface area contributed by atoms with Crippen LogP contribution in [0.25, 0.3) is 10.9 Å². The highest BCUT2D eigenvalue weighted by Gasteiger charge is 2.12. The molecule has 21 heavy (non-hydrogen) atoms. The van der Waals surface area contributed by atoms with Gasteiger partial charge in [-0.15, -0.1) is 0 Å². The molecule has 0 saturated carbocycles. The Morgan fingerprint density at radius 1 is 1.10 bits per heavy atom. The molecule has 0 spiro atoms. The summed E-state index contributed by atoms with van der Waals surface area (Å²) in [7, 11) is 0. The summed E-state index contributed by atoms with van der Waals surface area (Å²) >= 11 is 0. The highest BCUT2D eigenvalue weighted by molar-refractivity contribution is 5.98. The molecule has 1 aromatic heterocycles. The Balaban J connectivity index is 1.99. The minimum absolute atomic E-state index is 0.167. The summed E-state index contributed by atoms with van der Waals surface area (Å²) in [5, 5.41) is 4.20. The third-order valence-electron chi connectivity index (χ3n) is 3.55. The number of nitrogens with two attached hydrogens (primary N) is 1. The quantitative estimate of drug-likeness (QED) is 0.710. The first-order chi connectivity index (χ1) is 10.2. The van der Waals surface area contributed by atoms with Crippen molar-refractivity contribution in [2.45, 2.75) is 13.0 Å². The van der Waals surface area contributed by atoms with E-state index in [0.29, 0.717) is 11.3 Å². The second-order valence-electron chi connectivity index (χ2n) is 4.99. The average Bonchev–Trinajstić information content (AvgIpc) is 2.51. The van der Waals surface area contributed by atoms with E-state index in [0.717, 1.165) is 16.6 Å². The van der Waals surface area contributed by atoms with Crippen LogP contribution in [0.2, 0.25) is 0 Å². The van der Waals surface area contributed by atoms with Gasteiger partial charge in [0.25, 0.3) is 0 Å². The lowest BCUT2D eigenvalue weighted by Gasteiger charge is -2.18. The molecule has 0 amide bonds. The van der Waals surface area contributed by atoms with Crippen LogP contribution < -0.4 is 11.1 Å². The molecule has 106 valence electrons. The van der Waals surface area contributed by atoms with Gasteiger partial charge in [-0.2, -0.15) is 0 Å². The van der Waals surface area contributed by atoms with Gasteiger partial charge in [0.15, 0.2) is 0 Å². The first-order valence-electron chi connectivity index (χ1n) is 6.81. The lowest BCUT2D eigenvalue weighted by atomic mass is 10.1. The number of benzene rings is 2. The van der Waals surface area contributed by atoms with Crippen LogP contribution >= 0.6 is 0 Å². The van der Waals surface area contributed by atoms with Crippen molar-refractivity contribution in [2.75, 3.05) is 11.1 Å². The number of rotatable bonds is 3. The zero-order valence-electron chi connectivity index (χ0n) is 11.7. The summed E-state index contributed by atoms with van der Waals surface area (Å²) < 4.78 is 13.8. The number of hydrogen-bond acceptors (Lipinski definition) is 3. The van der Waals surface area contributed by atoms with Gasteiger partial charge in [-0.3, -0.25) is 4.98 Å². The maximum absolute atomic E-state index is 13.8. The highest BCUT2D eigenvalue weighted by Crippen LogP contribution is 2.29. The zero-order chi connectivity index (χ0) is 14.8. The largest absolute Gasteiger partial charge is 0.398 e. The zero-order valence-corrected chi connectivity index (χ0v) is 11.7. The predicted molar refractivity (Wildman–Crippen MR) is 84.6 cm³/mol. The Morgan fingerprint density at radius 3 is 2.71 bits per heavy atom. The standard InChI is InChI=1S/C17H16FN3/c1-11(12-5-2-3-7-14(12)18)21-16-9-8-15(19)13-6-4-10-20-17(13)16/h2-11,21H,19H2,1H3. The molecule has 0 aliphatic rings. The number of pyridine rings is 1. The lowest BCUT2D eigenvalue weighted by molar-refractivity contribution is 0.600. The Kier molecular flexibility index (Phi) is 3.44. The van der Waals surface area contributed by atoms with Gasteiger partial charge in [0.2, 0.25) is 0 Å². The minimum Gasteiger partial charge on any atom is -0.398 e. The van der Waals surface area contributed by atoms with Crippen molar-refractivity contribution < 1.29 is 4.39 Å². The molecule has 3 nitrogen and oxygen atoms in total. The number of aromatic nitrogens is 1. The van der Waals surface area contributed by atoms with E-state index in [2.05, 4.69) is 10.3 Å². The van der Waals surface area contributed by atoms with Crippen molar-refractivity contribution in [3.8, 4) is 0 Å². The molecule has 3 rings (SSSR count). The molecular formula is C17H16FN3. The van der Waals surface area contributed by atoms with E-state index >= 15 is 0 Å². The molecule has 2 aromatic carbocycles. The van der Waals surface area contributed by atoms with E-state index in [9.17, 15) is 4.39 Å². The molecule has 0 saturated heterocycles. The topological polar surface area (TPSA) is 50.9 Å². The van der Waals surface area contributed by atoms with Gasteiger partial charge in [0.05, 0.1) is 17.2 Å². The molecule has 3 N–H and O–H groups in total. The second-order valence-corrected chi connectivity index (χ2v) is 4.99. The predicted octanol–water partition coefficient (Wildman–Crippen LogP) is 4.13. The molecule has 0 aliphatic heterocycles. The van der Waals surface area contributed by atoms with Crippen molar-refractivity contribution in [3.63, 3.8) is 0 Å². The van der Waals surface area contributed by atoms with Crippen LogP contribution in [0.4, 0.5) is 15.8 Å². The average molecular weight is 281 g/mol. The number of hydrogen-bond donors (Lipinski definition) is 2. The Bertz CT molecular complexity index is 786. The third kappa shape index (κ3) is 2.52. The van der Waals surface area contributed by atoms with Gasteiger partial charge in [-0.25, -0.2) is 4.39 Å². The molecule has 0 fully saturated rings. The summed E-state index contributed by atoms with van der Waals surface area (Å²) in [4.78, 5) is 4.37. The summed E-state index contributed by atoms with van der Waals surface area (Å²) in [6.45, 7) is 1.92. The van der Waals surface area contributed by atoms with Crippen molar-refractivity contribution in [3.05, 3.63) is 66.1 Å². The first-order valence-corrected chi connectivity index (χ1v) is 6.81. The second kappa shape index (κ2) is 5.40. The minimum atomic E-state index is -0.217. The van der Waals surface area contributed by atoms with E-state index in [4.69, 9.17) is 5.73 Å². The summed E-state index contributed by atoms with van der Waals surface area (Å²) in [6, 6.07) is 14.1. The summed E-state index contributed by atoms with van der Waals surface area (Å²) in [5.74, 6) is -0.217. The molecule has 1 unspecified atom stereocenters. The van der Waals surface area contributed by atoms with Crippen molar-refractivity contribution in [1.29, 1.82) is 0 Å². The molecule has 0 bridgehead atoms. The lowest BCUT2D eigenvalue weighted by Crippen LogP contribution is -2.09. The molecule has 3 aromatic rings. The van der Waals surface area contributed by atoms with Crippen LogP contribution in [0.1, 0.15) is 18.5 Å². The maximum atomic E-state index is 13.8.